The summed E-state index contributed by atoms with van der Waals surface area (Å²) in [6, 6.07) is 7.11. The Morgan fingerprint density at radius 1 is 1.14 bits per heavy atom. The second-order valence-electron chi connectivity index (χ2n) is 5.12. The van der Waals surface area contributed by atoms with E-state index in [1.807, 2.05) is 6.07 Å². The Labute approximate surface area is 127 Å². The highest BCUT2D eigenvalue weighted by atomic mass is 16.4. The number of hydrogen-bond acceptors (Lipinski definition) is 5. The molecule has 1 aromatic heterocycles. The first-order valence-electron chi connectivity index (χ1n) is 7.06. The molecule has 7 heteroatoms. The van der Waals surface area contributed by atoms with Gasteiger partial charge < -0.3 is 14.2 Å². The van der Waals surface area contributed by atoms with Crippen molar-refractivity contribution in [1.29, 1.82) is 0 Å². The summed E-state index contributed by atoms with van der Waals surface area (Å²) < 4.78 is 5.15. The zero-order valence-electron chi connectivity index (χ0n) is 12.2. The monoisotopic (exact) mass is 300 g/mol. The Morgan fingerprint density at radius 3 is 2.50 bits per heavy atom. The Hall–Kier alpha value is -2.70. The van der Waals surface area contributed by atoms with Gasteiger partial charge in [-0.15, -0.1) is 10.2 Å². The van der Waals surface area contributed by atoms with E-state index in [-0.39, 0.29) is 11.8 Å². The van der Waals surface area contributed by atoms with Crippen LogP contribution in [0.25, 0.3) is 11.5 Å². The van der Waals surface area contributed by atoms with Crippen LogP contribution in [0.4, 0.5) is 0 Å². The van der Waals surface area contributed by atoms with Crippen molar-refractivity contribution in [2.24, 2.45) is 0 Å². The Bertz CT molecular complexity index is 676. The van der Waals surface area contributed by atoms with Crippen LogP contribution in [-0.2, 0) is 4.79 Å². The number of benzene rings is 1. The molecular formula is C15H16N4O3. The van der Waals surface area contributed by atoms with E-state index in [0.29, 0.717) is 43.2 Å². The molecule has 1 aliphatic rings. The maximum Gasteiger partial charge on any atom is 0.253 e. The SMILES string of the molecule is CC(=O)N1CCN(C(=O)c2cccc(-c3nnco3)c2)CC1. The van der Waals surface area contributed by atoms with Gasteiger partial charge in [-0.25, -0.2) is 0 Å². The zero-order valence-corrected chi connectivity index (χ0v) is 12.2. The number of rotatable bonds is 2. The molecule has 2 aromatic rings. The molecule has 3 rings (SSSR count). The number of nitrogens with zero attached hydrogens (tertiary/aromatic N) is 4. The maximum absolute atomic E-state index is 12.6. The molecule has 1 aliphatic heterocycles. The van der Waals surface area contributed by atoms with Crippen LogP contribution in [0.5, 0.6) is 0 Å². The molecular weight excluding hydrogens is 284 g/mol. The van der Waals surface area contributed by atoms with Crippen molar-refractivity contribution in [1.82, 2.24) is 20.0 Å². The van der Waals surface area contributed by atoms with Crippen LogP contribution in [0.1, 0.15) is 17.3 Å². The van der Waals surface area contributed by atoms with Gasteiger partial charge in [0.1, 0.15) is 0 Å². The molecule has 1 saturated heterocycles. The molecule has 0 spiro atoms. The number of aromatic nitrogens is 2. The average Bonchev–Trinajstić information content (AvgIpc) is 3.09. The van der Waals surface area contributed by atoms with Gasteiger partial charge in [-0.2, -0.15) is 0 Å². The molecule has 114 valence electrons. The lowest BCUT2D eigenvalue weighted by atomic mass is 10.1. The minimum atomic E-state index is -0.0513. The molecule has 7 nitrogen and oxygen atoms in total. The van der Waals surface area contributed by atoms with Crippen LogP contribution in [0.15, 0.2) is 35.1 Å². The number of hydrogen-bond donors (Lipinski definition) is 0. The smallest absolute Gasteiger partial charge is 0.253 e. The fourth-order valence-electron chi connectivity index (χ4n) is 2.49. The van der Waals surface area contributed by atoms with E-state index in [9.17, 15) is 9.59 Å². The highest BCUT2D eigenvalue weighted by Gasteiger charge is 2.23. The molecule has 0 radical (unpaired) electrons. The van der Waals surface area contributed by atoms with E-state index in [1.54, 1.807) is 34.9 Å². The van der Waals surface area contributed by atoms with Gasteiger partial charge in [0.2, 0.25) is 18.2 Å². The van der Waals surface area contributed by atoms with Gasteiger partial charge in [-0.1, -0.05) is 6.07 Å². The van der Waals surface area contributed by atoms with Crippen LogP contribution in [0.3, 0.4) is 0 Å². The van der Waals surface area contributed by atoms with Gasteiger partial charge in [-0.3, -0.25) is 9.59 Å². The van der Waals surface area contributed by atoms with Crippen molar-refractivity contribution in [2.45, 2.75) is 6.92 Å². The third-order valence-corrected chi connectivity index (χ3v) is 3.73. The summed E-state index contributed by atoms with van der Waals surface area (Å²) in [5.41, 5.74) is 1.29. The van der Waals surface area contributed by atoms with Gasteiger partial charge in [0.25, 0.3) is 5.91 Å². The second kappa shape index (κ2) is 5.97. The van der Waals surface area contributed by atoms with E-state index >= 15 is 0 Å². The summed E-state index contributed by atoms with van der Waals surface area (Å²) in [5.74, 6) is 0.381. The topological polar surface area (TPSA) is 79.5 Å². The molecule has 0 unspecified atom stereocenters. The lowest BCUT2D eigenvalue weighted by Crippen LogP contribution is -2.50. The molecule has 2 heterocycles. The van der Waals surface area contributed by atoms with Gasteiger partial charge in [0, 0.05) is 44.2 Å². The predicted molar refractivity (Wildman–Crippen MR) is 77.9 cm³/mol. The molecule has 0 N–H and O–H groups in total. The summed E-state index contributed by atoms with van der Waals surface area (Å²) in [7, 11) is 0. The van der Waals surface area contributed by atoms with Crippen molar-refractivity contribution in [2.75, 3.05) is 26.2 Å². The Balaban J connectivity index is 1.73. The highest BCUT2D eigenvalue weighted by molar-refractivity contribution is 5.95. The molecule has 0 bridgehead atoms. The zero-order chi connectivity index (χ0) is 15.5. The van der Waals surface area contributed by atoms with E-state index in [0.717, 1.165) is 0 Å². The molecule has 0 aliphatic carbocycles. The van der Waals surface area contributed by atoms with Gasteiger partial charge >= 0.3 is 0 Å². The molecule has 22 heavy (non-hydrogen) atoms. The number of amides is 2. The van der Waals surface area contributed by atoms with E-state index in [2.05, 4.69) is 10.2 Å². The van der Waals surface area contributed by atoms with Crippen LogP contribution in [0.2, 0.25) is 0 Å². The lowest BCUT2D eigenvalue weighted by molar-refractivity contribution is -0.130. The Kier molecular flexibility index (Phi) is 3.86. The second-order valence-corrected chi connectivity index (χ2v) is 5.12. The summed E-state index contributed by atoms with van der Waals surface area (Å²) >= 11 is 0. The van der Waals surface area contributed by atoms with Crippen LogP contribution < -0.4 is 0 Å². The van der Waals surface area contributed by atoms with Crippen molar-refractivity contribution in [3.8, 4) is 11.5 Å². The summed E-state index contributed by atoms with van der Waals surface area (Å²) in [6.07, 6.45) is 1.25. The fourth-order valence-corrected chi connectivity index (χ4v) is 2.49. The van der Waals surface area contributed by atoms with Crippen LogP contribution in [0, 0.1) is 0 Å². The quantitative estimate of drug-likeness (QED) is 0.828. The minimum Gasteiger partial charge on any atom is -0.423 e. The maximum atomic E-state index is 12.6. The number of carbonyl (C=O) groups is 2. The summed E-state index contributed by atoms with van der Waals surface area (Å²) in [4.78, 5) is 27.4. The van der Waals surface area contributed by atoms with Gasteiger partial charge in [0.05, 0.1) is 0 Å². The number of carbonyl (C=O) groups excluding carboxylic acids is 2. The van der Waals surface area contributed by atoms with Crippen molar-refractivity contribution >= 4 is 11.8 Å². The first-order chi connectivity index (χ1) is 10.6. The van der Waals surface area contributed by atoms with Gasteiger partial charge in [-0.05, 0) is 18.2 Å². The molecule has 1 aromatic carbocycles. The first-order valence-corrected chi connectivity index (χ1v) is 7.06. The van der Waals surface area contributed by atoms with Gasteiger partial charge in [0.15, 0.2) is 0 Å². The van der Waals surface area contributed by atoms with E-state index in [1.165, 1.54) is 6.39 Å². The number of piperazine rings is 1. The van der Waals surface area contributed by atoms with Crippen molar-refractivity contribution in [3.05, 3.63) is 36.2 Å². The third-order valence-electron chi connectivity index (χ3n) is 3.73. The van der Waals surface area contributed by atoms with Crippen LogP contribution in [-0.4, -0.2) is 58.0 Å². The molecule has 0 atom stereocenters. The van der Waals surface area contributed by atoms with E-state index in [4.69, 9.17) is 4.42 Å². The molecule has 1 fully saturated rings. The first kappa shape index (κ1) is 14.2. The normalized spacial score (nSPS) is 15.0. The summed E-state index contributed by atoms with van der Waals surface area (Å²) in [6.45, 7) is 3.78. The predicted octanol–water partition coefficient (Wildman–Crippen LogP) is 1.04. The minimum absolute atomic E-state index is 0.0468. The average molecular weight is 300 g/mol. The fraction of sp³-hybridized carbons (Fsp3) is 0.333. The molecule has 2 amide bonds. The largest absolute Gasteiger partial charge is 0.423 e. The van der Waals surface area contributed by atoms with Crippen LogP contribution >= 0.6 is 0 Å². The standard InChI is InChI=1S/C15H16N4O3/c1-11(20)18-5-7-19(8-6-18)15(21)13-4-2-3-12(9-13)14-17-16-10-22-14/h2-4,9-10H,5-8H2,1H3. The molecule has 0 saturated carbocycles. The summed E-state index contributed by atoms with van der Waals surface area (Å²) in [5, 5.41) is 7.48. The lowest BCUT2D eigenvalue weighted by Gasteiger charge is -2.34. The highest BCUT2D eigenvalue weighted by Crippen LogP contribution is 2.19. The third kappa shape index (κ3) is 2.83. The van der Waals surface area contributed by atoms with Crippen molar-refractivity contribution in [3.63, 3.8) is 0 Å². The van der Waals surface area contributed by atoms with E-state index < -0.39 is 0 Å². The Morgan fingerprint density at radius 2 is 1.86 bits per heavy atom. The van der Waals surface area contributed by atoms with Crippen molar-refractivity contribution < 1.29 is 14.0 Å².